The van der Waals surface area contributed by atoms with Crippen LogP contribution in [0.5, 0.6) is 5.75 Å². The summed E-state index contributed by atoms with van der Waals surface area (Å²) in [6, 6.07) is 16.9. The third kappa shape index (κ3) is 6.47. The van der Waals surface area contributed by atoms with Crippen LogP contribution in [-0.4, -0.2) is 62.8 Å². The zero-order chi connectivity index (χ0) is 21.3. The molecule has 1 unspecified atom stereocenters. The average molecular weight is 411 g/mol. The van der Waals surface area contributed by atoms with Crippen LogP contribution in [0.1, 0.15) is 23.6 Å². The Balaban J connectivity index is 1.53. The van der Waals surface area contributed by atoms with Gasteiger partial charge >= 0.3 is 0 Å². The molecule has 6 heteroatoms. The number of rotatable bonds is 7. The minimum absolute atomic E-state index is 0.313. The number of nitrogens with zero attached hydrogens (tertiary/aromatic N) is 3. The summed E-state index contributed by atoms with van der Waals surface area (Å²) >= 11 is 0. The van der Waals surface area contributed by atoms with Gasteiger partial charge in [0.05, 0.1) is 19.8 Å². The van der Waals surface area contributed by atoms with Crippen LogP contribution >= 0.6 is 0 Å². The summed E-state index contributed by atoms with van der Waals surface area (Å²) in [6.07, 6.45) is 0.313. The lowest BCUT2D eigenvalue weighted by Crippen LogP contribution is -2.40. The van der Waals surface area contributed by atoms with Gasteiger partial charge in [-0.25, -0.2) is 0 Å². The molecule has 6 nitrogen and oxygen atoms in total. The third-order valence-corrected chi connectivity index (χ3v) is 5.33. The van der Waals surface area contributed by atoms with E-state index in [0.29, 0.717) is 6.10 Å². The zero-order valence-electron chi connectivity index (χ0n) is 18.6. The number of ether oxygens (including phenoxy) is 2. The molecule has 0 bridgehead atoms. The van der Waals surface area contributed by atoms with Crippen molar-refractivity contribution in [2.75, 3.05) is 40.9 Å². The maximum absolute atomic E-state index is 5.65. The zero-order valence-corrected chi connectivity index (χ0v) is 18.6. The Hall–Kier alpha value is -2.57. The van der Waals surface area contributed by atoms with Crippen molar-refractivity contribution in [2.24, 2.45) is 4.99 Å². The van der Waals surface area contributed by atoms with E-state index in [1.165, 1.54) is 16.7 Å². The van der Waals surface area contributed by atoms with Crippen molar-refractivity contribution in [3.05, 3.63) is 65.2 Å². The lowest BCUT2D eigenvalue weighted by molar-refractivity contribution is -0.0212. The fourth-order valence-corrected chi connectivity index (χ4v) is 3.78. The highest BCUT2D eigenvalue weighted by Crippen LogP contribution is 2.14. The van der Waals surface area contributed by atoms with Gasteiger partial charge in [-0.3, -0.25) is 9.89 Å². The molecule has 2 aromatic rings. The van der Waals surface area contributed by atoms with Gasteiger partial charge in [-0.2, -0.15) is 0 Å². The summed E-state index contributed by atoms with van der Waals surface area (Å²) in [5, 5.41) is 3.48. The summed E-state index contributed by atoms with van der Waals surface area (Å²) in [4.78, 5) is 9.03. The van der Waals surface area contributed by atoms with Crippen LogP contribution in [0, 0.1) is 0 Å². The number of nitrogens with one attached hydrogen (secondary N) is 1. The number of benzene rings is 2. The van der Waals surface area contributed by atoms with Crippen molar-refractivity contribution in [1.82, 2.24) is 15.1 Å². The lowest BCUT2D eigenvalue weighted by Gasteiger charge is -2.31. The average Bonchev–Trinajstić information content (AvgIpc) is 2.75. The van der Waals surface area contributed by atoms with E-state index < -0.39 is 0 Å². The van der Waals surface area contributed by atoms with E-state index in [0.717, 1.165) is 51.0 Å². The monoisotopic (exact) mass is 410 g/mol. The van der Waals surface area contributed by atoms with Crippen LogP contribution in [0.15, 0.2) is 53.5 Å². The summed E-state index contributed by atoms with van der Waals surface area (Å²) in [6.45, 7) is 7.43. The summed E-state index contributed by atoms with van der Waals surface area (Å²) in [5.74, 6) is 1.74. The fraction of sp³-hybridized carbons (Fsp3) is 0.458. The smallest absolute Gasteiger partial charge is 0.193 e. The maximum Gasteiger partial charge on any atom is 0.193 e. The van der Waals surface area contributed by atoms with Gasteiger partial charge in [0, 0.05) is 46.8 Å². The molecule has 0 radical (unpaired) electrons. The van der Waals surface area contributed by atoms with E-state index >= 15 is 0 Å². The predicted molar refractivity (Wildman–Crippen MR) is 122 cm³/mol. The van der Waals surface area contributed by atoms with Gasteiger partial charge < -0.3 is 19.7 Å². The number of morpholine rings is 1. The highest BCUT2D eigenvalue weighted by molar-refractivity contribution is 5.79. The summed E-state index contributed by atoms with van der Waals surface area (Å²) in [7, 11) is 5.56. The van der Waals surface area contributed by atoms with Gasteiger partial charge in [0.25, 0.3) is 0 Å². The number of aliphatic imine (C=N–C) groups is 1. The van der Waals surface area contributed by atoms with E-state index in [2.05, 4.69) is 70.5 Å². The molecule has 1 N–H and O–H groups in total. The molecular weight excluding hydrogens is 376 g/mol. The Labute approximate surface area is 180 Å². The number of methoxy groups -OCH3 is 1. The molecule has 30 heavy (non-hydrogen) atoms. The third-order valence-electron chi connectivity index (χ3n) is 5.33. The predicted octanol–water partition coefficient (Wildman–Crippen LogP) is 3.12. The summed E-state index contributed by atoms with van der Waals surface area (Å²) < 4.78 is 10.9. The number of hydrogen-bond donors (Lipinski definition) is 1. The Bertz CT molecular complexity index is 822. The first-order valence-electron chi connectivity index (χ1n) is 10.5. The van der Waals surface area contributed by atoms with Crippen LogP contribution in [0.4, 0.5) is 0 Å². The molecule has 3 rings (SSSR count). The number of guanidine groups is 1. The van der Waals surface area contributed by atoms with Crippen LogP contribution in [0.2, 0.25) is 0 Å². The molecule has 0 amide bonds. The molecule has 0 aromatic heterocycles. The van der Waals surface area contributed by atoms with Gasteiger partial charge in [0.2, 0.25) is 0 Å². The molecule has 2 aromatic carbocycles. The second-order valence-electron chi connectivity index (χ2n) is 7.84. The summed E-state index contributed by atoms with van der Waals surface area (Å²) in [5.41, 5.74) is 3.81. The molecule has 1 fully saturated rings. The van der Waals surface area contributed by atoms with E-state index in [4.69, 9.17) is 9.47 Å². The minimum Gasteiger partial charge on any atom is -0.497 e. The molecule has 0 spiro atoms. The van der Waals surface area contributed by atoms with Crippen molar-refractivity contribution in [3.63, 3.8) is 0 Å². The molecule has 0 aliphatic carbocycles. The molecule has 162 valence electrons. The van der Waals surface area contributed by atoms with Gasteiger partial charge in [0.1, 0.15) is 5.75 Å². The van der Waals surface area contributed by atoms with Crippen molar-refractivity contribution in [3.8, 4) is 5.75 Å². The van der Waals surface area contributed by atoms with Crippen LogP contribution in [0.25, 0.3) is 0 Å². The normalized spacial score (nSPS) is 17.6. The van der Waals surface area contributed by atoms with Gasteiger partial charge in [0.15, 0.2) is 5.96 Å². The molecule has 1 aliphatic heterocycles. The first-order chi connectivity index (χ1) is 14.6. The van der Waals surface area contributed by atoms with E-state index in [1.807, 2.05) is 19.2 Å². The molecular formula is C24H34N4O2. The van der Waals surface area contributed by atoms with Crippen molar-refractivity contribution in [2.45, 2.75) is 32.7 Å². The second kappa shape index (κ2) is 11.0. The standard InChI is InChI=1S/C24H34N4O2/c1-19-16-28(12-13-30-19)18-22-7-5-6-21(14-22)15-26-24(25-2)27(3)17-20-8-10-23(29-4)11-9-20/h5-11,14,19H,12-13,15-18H2,1-4H3,(H,25,26). The largest absolute Gasteiger partial charge is 0.497 e. The minimum atomic E-state index is 0.313. The molecule has 1 atom stereocenters. The highest BCUT2D eigenvalue weighted by atomic mass is 16.5. The second-order valence-corrected chi connectivity index (χ2v) is 7.84. The van der Waals surface area contributed by atoms with Crippen molar-refractivity contribution < 1.29 is 9.47 Å². The molecule has 1 aliphatic rings. The molecule has 1 saturated heterocycles. The Morgan fingerprint density at radius 1 is 1.20 bits per heavy atom. The number of hydrogen-bond acceptors (Lipinski definition) is 4. The quantitative estimate of drug-likeness (QED) is 0.561. The fourth-order valence-electron chi connectivity index (χ4n) is 3.78. The van der Waals surface area contributed by atoms with Crippen molar-refractivity contribution >= 4 is 5.96 Å². The van der Waals surface area contributed by atoms with E-state index in [-0.39, 0.29) is 0 Å². The first-order valence-corrected chi connectivity index (χ1v) is 10.5. The van der Waals surface area contributed by atoms with E-state index in [1.54, 1.807) is 7.11 Å². The van der Waals surface area contributed by atoms with Crippen LogP contribution in [0.3, 0.4) is 0 Å². The Morgan fingerprint density at radius 2 is 1.97 bits per heavy atom. The van der Waals surface area contributed by atoms with Gasteiger partial charge in [-0.15, -0.1) is 0 Å². The van der Waals surface area contributed by atoms with Crippen molar-refractivity contribution in [1.29, 1.82) is 0 Å². The molecule has 0 saturated carbocycles. The van der Waals surface area contributed by atoms with Gasteiger partial charge in [-0.05, 0) is 35.7 Å². The molecule has 1 heterocycles. The maximum atomic E-state index is 5.65. The van der Waals surface area contributed by atoms with Crippen LogP contribution in [-0.2, 0) is 24.4 Å². The topological polar surface area (TPSA) is 49.3 Å². The first kappa shape index (κ1) is 22.1. The van der Waals surface area contributed by atoms with Crippen LogP contribution < -0.4 is 10.1 Å². The lowest BCUT2D eigenvalue weighted by atomic mass is 10.1. The SMILES string of the molecule is CN=C(NCc1cccc(CN2CCOC(C)C2)c1)N(C)Cc1ccc(OC)cc1. The van der Waals surface area contributed by atoms with E-state index in [9.17, 15) is 0 Å². The highest BCUT2D eigenvalue weighted by Gasteiger charge is 2.16. The Kier molecular flexibility index (Phi) is 8.11. The van der Waals surface area contributed by atoms with Gasteiger partial charge in [-0.1, -0.05) is 36.4 Å². The Morgan fingerprint density at radius 3 is 2.67 bits per heavy atom.